The molecule has 3 aromatic rings. The number of primary amides is 1. The van der Waals surface area contributed by atoms with Gasteiger partial charge in [0.25, 0.3) is 0 Å². The van der Waals surface area contributed by atoms with Crippen LogP contribution in [0.15, 0.2) is 54.7 Å². The van der Waals surface area contributed by atoms with E-state index in [1.165, 1.54) is 5.56 Å². The smallest absolute Gasteiger partial charge is 0.369 e. The molecule has 4 rings (SSSR count). The van der Waals surface area contributed by atoms with Gasteiger partial charge in [-0.05, 0) is 47.4 Å². The van der Waals surface area contributed by atoms with Crippen LogP contribution in [0.3, 0.4) is 0 Å². The van der Waals surface area contributed by atoms with Crippen LogP contribution in [0.1, 0.15) is 71.9 Å². The summed E-state index contributed by atoms with van der Waals surface area (Å²) in [5, 5.41) is 0. The molecule has 0 bridgehead atoms. The standard InChI is InChI=1S/C27H24F3N3O/c1-17(2)19-9-7-18(8-10-19)15-24-32-16-22(27(28,29)30)23(33-24)12-11-20-5-3-4-6-21(20)26(13-14-26)25(31)34/h3-10,16-17H,13-15H2,1-2H3,(H2,31,34). The molecule has 7 heteroatoms. The van der Waals surface area contributed by atoms with Gasteiger partial charge in [-0.3, -0.25) is 4.79 Å². The maximum Gasteiger partial charge on any atom is 0.420 e. The number of hydrogen-bond donors (Lipinski definition) is 1. The lowest BCUT2D eigenvalue weighted by Crippen LogP contribution is -2.29. The average molecular weight is 464 g/mol. The van der Waals surface area contributed by atoms with Crippen LogP contribution >= 0.6 is 0 Å². The Hall–Kier alpha value is -3.66. The van der Waals surface area contributed by atoms with Crippen LogP contribution in [0.25, 0.3) is 0 Å². The molecule has 174 valence electrons. The molecule has 0 spiro atoms. The Kier molecular flexibility index (Phi) is 6.18. The van der Waals surface area contributed by atoms with E-state index < -0.39 is 28.8 Å². The topological polar surface area (TPSA) is 68.9 Å². The van der Waals surface area contributed by atoms with E-state index in [-0.39, 0.29) is 12.2 Å². The number of hydrogen-bond acceptors (Lipinski definition) is 3. The zero-order chi connectivity index (χ0) is 24.5. The summed E-state index contributed by atoms with van der Waals surface area (Å²) in [5.41, 5.74) is 6.58. The van der Waals surface area contributed by atoms with Crippen molar-refractivity contribution in [3.8, 4) is 11.8 Å². The van der Waals surface area contributed by atoms with Gasteiger partial charge in [0, 0.05) is 18.2 Å². The summed E-state index contributed by atoms with van der Waals surface area (Å²) in [6, 6.07) is 14.8. The maximum absolute atomic E-state index is 13.6. The van der Waals surface area contributed by atoms with Gasteiger partial charge in [-0.1, -0.05) is 62.2 Å². The minimum absolute atomic E-state index is 0.249. The van der Waals surface area contributed by atoms with E-state index >= 15 is 0 Å². The second-order valence-electron chi connectivity index (χ2n) is 8.86. The molecule has 4 nitrogen and oxygen atoms in total. The van der Waals surface area contributed by atoms with Crippen molar-refractivity contribution in [2.45, 2.75) is 50.6 Å². The Morgan fingerprint density at radius 3 is 2.35 bits per heavy atom. The predicted octanol–water partition coefficient (Wildman–Crippen LogP) is 5.13. The second kappa shape index (κ2) is 8.94. The first-order chi connectivity index (χ1) is 16.1. The van der Waals surface area contributed by atoms with E-state index in [4.69, 9.17) is 5.73 Å². The predicted molar refractivity (Wildman–Crippen MR) is 123 cm³/mol. The monoisotopic (exact) mass is 463 g/mol. The van der Waals surface area contributed by atoms with Gasteiger partial charge in [-0.2, -0.15) is 13.2 Å². The van der Waals surface area contributed by atoms with E-state index in [0.29, 0.717) is 29.9 Å². The van der Waals surface area contributed by atoms with Gasteiger partial charge in [0.05, 0.1) is 5.41 Å². The number of nitrogens with two attached hydrogens (primary N) is 1. The highest BCUT2D eigenvalue weighted by molar-refractivity contribution is 5.90. The average Bonchev–Trinajstić information content (AvgIpc) is 3.60. The molecular weight excluding hydrogens is 439 g/mol. The van der Waals surface area contributed by atoms with Crippen molar-refractivity contribution in [2.75, 3.05) is 0 Å². The number of carbonyl (C=O) groups is 1. The fourth-order valence-corrected chi connectivity index (χ4v) is 3.92. The van der Waals surface area contributed by atoms with E-state index in [2.05, 4.69) is 35.7 Å². The molecule has 0 unspecified atom stereocenters. The Morgan fingerprint density at radius 1 is 1.09 bits per heavy atom. The minimum Gasteiger partial charge on any atom is -0.369 e. The van der Waals surface area contributed by atoms with Crippen molar-refractivity contribution in [1.29, 1.82) is 0 Å². The number of amides is 1. The summed E-state index contributed by atoms with van der Waals surface area (Å²) in [7, 11) is 0. The van der Waals surface area contributed by atoms with Gasteiger partial charge in [-0.15, -0.1) is 0 Å². The fourth-order valence-electron chi connectivity index (χ4n) is 3.92. The molecular formula is C27H24F3N3O. The van der Waals surface area contributed by atoms with Crippen LogP contribution < -0.4 is 5.73 Å². The van der Waals surface area contributed by atoms with E-state index in [0.717, 1.165) is 11.8 Å². The molecule has 34 heavy (non-hydrogen) atoms. The van der Waals surface area contributed by atoms with Crippen LogP contribution in [0, 0.1) is 11.8 Å². The molecule has 1 fully saturated rings. The van der Waals surface area contributed by atoms with Gasteiger partial charge in [0.1, 0.15) is 17.1 Å². The molecule has 1 aliphatic rings. The zero-order valence-corrected chi connectivity index (χ0v) is 18.9. The Balaban J connectivity index is 1.70. The number of alkyl halides is 3. The van der Waals surface area contributed by atoms with Crippen molar-refractivity contribution in [3.05, 3.63) is 94.1 Å². The van der Waals surface area contributed by atoms with Crippen molar-refractivity contribution in [2.24, 2.45) is 5.73 Å². The van der Waals surface area contributed by atoms with Crippen LogP contribution in [-0.2, 0) is 22.8 Å². The number of aromatic nitrogens is 2. The Labute approximate surface area is 196 Å². The SMILES string of the molecule is CC(C)c1ccc(Cc2ncc(C(F)(F)F)c(C#Cc3ccccc3C3(C(N)=O)CC3)n2)cc1. The molecule has 1 saturated carbocycles. The summed E-state index contributed by atoms with van der Waals surface area (Å²) in [4.78, 5) is 20.1. The number of halogens is 3. The van der Waals surface area contributed by atoms with Crippen molar-refractivity contribution >= 4 is 5.91 Å². The highest BCUT2D eigenvalue weighted by Gasteiger charge is 2.51. The van der Waals surface area contributed by atoms with Gasteiger partial charge in [-0.25, -0.2) is 9.97 Å². The number of benzene rings is 2. The van der Waals surface area contributed by atoms with Gasteiger partial charge in [0.2, 0.25) is 5.91 Å². The fraction of sp³-hybridized carbons (Fsp3) is 0.296. The molecule has 2 N–H and O–H groups in total. The van der Waals surface area contributed by atoms with Gasteiger partial charge < -0.3 is 5.73 Å². The molecule has 0 saturated heterocycles. The Bertz CT molecular complexity index is 1280. The zero-order valence-electron chi connectivity index (χ0n) is 18.9. The minimum atomic E-state index is -4.65. The first-order valence-electron chi connectivity index (χ1n) is 11.0. The first-order valence-corrected chi connectivity index (χ1v) is 11.0. The number of rotatable bonds is 5. The van der Waals surface area contributed by atoms with Crippen LogP contribution in [0.2, 0.25) is 0 Å². The lowest BCUT2D eigenvalue weighted by molar-refractivity contribution is -0.138. The van der Waals surface area contributed by atoms with Crippen molar-refractivity contribution in [3.63, 3.8) is 0 Å². The molecule has 1 amide bonds. The maximum atomic E-state index is 13.6. The molecule has 0 aliphatic heterocycles. The second-order valence-corrected chi connectivity index (χ2v) is 8.86. The first kappa shape index (κ1) is 23.5. The third kappa shape index (κ3) is 4.81. The summed E-state index contributed by atoms with van der Waals surface area (Å²) in [6.45, 7) is 4.18. The summed E-state index contributed by atoms with van der Waals surface area (Å²) >= 11 is 0. The van der Waals surface area contributed by atoms with Crippen molar-refractivity contribution < 1.29 is 18.0 Å². The number of carbonyl (C=O) groups excluding carboxylic acids is 1. The normalized spacial score (nSPS) is 14.4. The van der Waals surface area contributed by atoms with Gasteiger partial charge >= 0.3 is 6.18 Å². The summed E-state index contributed by atoms with van der Waals surface area (Å²) in [5.74, 6) is 5.57. The van der Waals surface area contributed by atoms with Crippen LogP contribution in [0.5, 0.6) is 0 Å². The highest BCUT2D eigenvalue weighted by atomic mass is 19.4. The molecule has 0 radical (unpaired) electrons. The quantitative estimate of drug-likeness (QED) is 0.534. The Morgan fingerprint density at radius 2 is 1.76 bits per heavy atom. The van der Waals surface area contributed by atoms with E-state index in [9.17, 15) is 18.0 Å². The molecule has 1 heterocycles. The highest BCUT2D eigenvalue weighted by Crippen LogP contribution is 2.49. The molecule has 2 aromatic carbocycles. The largest absolute Gasteiger partial charge is 0.420 e. The molecule has 1 aromatic heterocycles. The number of nitrogens with zero attached hydrogens (tertiary/aromatic N) is 2. The van der Waals surface area contributed by atoms with E-state index in [1.54, 1.807) is 24.3 Å². The summed E-state index contributed by atoms with van der Waals surface area (Å²) in [6.07, 6.45) is -2.38. The third-order valence-electron chi connectivity index (χ3n) is 6.13. The lowest BCUT2D eigenvalue weighted by Gasteiger charge is -2.13. The third-order valence-corrected chi connectivity index (χ3v) is 6.13. The molecule has 1 aliphatic carbocycles. The van der Waals surface area contributed by atoms with Gasteiger partial charge in [0.15, 0.2) is 0 Å². The lowest BCUT2D eigenvalue weighted by atomic mass is 9.91. The van der Waals surface area contributed by atoms with E-state index in [1.807, 2.05) is 24.3 Å². The van der Waals surface area contributed by atoms with Crippen molar-refractivity contribution in [1.82, 2.24) is 9.97 Å². The summed E-state index contributed by atoms with van der Waals surface area (Å²) < 4.78 is 40.9. The van der Waals surface area contributed by atoms with Crippen LogP contribution in [0.4, 0.5) is 13.2 Å². The van der Waals surface area contributed by atoms with Crippen LogP contribution in [-0.4, -0.2) is 15.9 Å². The molecule has 0 atom stereocenters.